The fraction of sp³-hybridized carbons (Fsp3) is 0.286. The summed E-state index contributed by atoms with van der Waals surface area (Å²) in [6.45, 7) is 5.60. The first kappa shape index (κ1) is 14.0. The summed E-state index contributed by atoms with van der Waals surface area (Å²) < 4.78 is 13.8. The van der Waals surface area contributed by atoms with Gasteiger partial charge < -0.3 is 5.73 Å². The fourth-order valence-corrected chi connectivity index (χ4v) is 3.00. The molecule has 1 aromatic carbocycles. The molecular weight excluding hydrogens is 261 g/mol. The lowest BCUT2D eigenvalue weighted by atomic mass is 10.1. The average molecular weight is 277 g/mol. The SMILES string of the molecule is Cc1cc(C)nc(Sc2cccc(F)c2[C@H](C)N)n1. The van der Waals surface area contributed by atoms with Crippen LogP contribution in [0.25, 0.3) is 0 Å². The number of nitrogens with two attached hydrogens (primary N) is 1. The van der Waals surface area contributed by atoms with E-state index in [0.29, 0.717) is 10.7 Å². The van der Waals surface area contributed by atoms with E-state index in [4.69, 9.17) is 5.73 Å². The minimum Gasteiger partial charge on any atom is -0.324 e. The Morgan fingerprint density at radius 3 is 2.42 bits per heavy atom. The Morgan fingerprint density at radius 2 is 1.84 bits per heavy atom. The van der Waals surface area contributed by atoms with Gasteiger partial charge in [-0.1, -0.05) is 6.07 Å². The lowest BCUT2D eigenvalue weighted by Crippen LogP contribution is -2.09. The van der Waals surface area contributed by atoms with E-state index in [2.05, 4.69) is 9.97 Å². The quantitative estimate of drug-likeness (QED) is 0.874. The van der Waals surface area contributed by atoms with Crippen molar-refractivity contribution in [2.45, 2.75) is 36.9 Å². The molecule has 0 bridgehead atoms. The first-order chi connectivity index (χ1) is 8.97. The second-order valence-corrected chi connectivity index (χ2v) is 5.48. The molecule has 0 spiro atoms. The molecule has 0 aliphatic carbocycles. The maximum Gasteiger partial charge on any atom is 0.192 e. The Hall–Kier alpha value is -1.46. The molecule has 0 amide bonds. The Morgan fingerprint density at radius 1 is 1.21 bits per heavy atom. The first-order valence-corrected chi connectivity index (χ1v) is 6.83. The molecule has 1 heterocycles. The minimum atomic E-state index is -0.366. The topological polar surface area (TPSA) is 51.8 Å². The van der Waals surface area contributed by atoms with Gasteiger partial charge in [-0.3, -0.25) is 0 Å². The van der Waals surface area contributed by atoms with Crippen LogP contribution in [0.4, 0.5) is 4.39 Å². The Bertz CT molecular complexity index is 579. The molecule has 100 valence electrons. The van der Waals surface area contributed by atoms with Gasteiger partial charge in [0.2, 0.25) is 0 Å². The van der Waals surface area contributed by atoms with E-state index < -0.39 is 0 Å². The van der Waals surface area contributed by atoms with Crippen molar-refractivity contribution in [3.05, 3.63) is 47.0 Å². The number of hydrogen-bond donors (Lipinski definition) is 1. The molecule has 3 nitrogen and oxygen atoms in total. The first-order valence-electron chi connectivity index (χ1n) is 6.01. The molecule has 0 aliphatic rings. The molecule has 1 aromatic heterocycles. The normalized spacial score (nSPS) is 12.5. The van der Waals surface area contributed by atoms with Gasteiger partial charge in [0.1, 0.15) is 5.82 Å². The molecule has 0 fully saturated rings. The minimum absolute atomic E-state index is 0.288. The summed E-state index contributed by atoms with van der Waals surface area (Å²) in [5, 5.41) is 0.616. The van der Waals surface area contributed by atoms with Crippen LogP contribution in [0, 0.1) is 19.7 Å². The van der Waals surface area contributed by atoms with Crippen LogP contribution in [0.1, 0.15) is 29.9 Å². The number of rotatable bonds is 3. The molecule has 2 rings (SSSR count). The Labute approximate surface area is 116 Å². The summed E-state index contributed by atoms with van der Waals surface area (Å²) in [6.07, 6.45) is 0. The van der Waals surface area contributed by atoms with Crippen LogP contribution in [0.2, 0.25) is 0 Å². The molecule has 0 saturated carbocycles. The summed E-state index contributed by atoms with van der Waals surface area (Å²) in [5.74, 6) is -0.288. The largest absolute Gasteiger partial charge is 0.324 e. The van der Waals surface area contributed by atoms with Gasteiger partial charge in [0.25, 0.3) is 0 Å². The second kappa shape index (κ2) is 5.67. The van der Waals surface area contributed by atoms with E-state index in [-0.39, 0.29) is 11.9 Å². The van der Waals surface area contributed by atoms with E-state index in [1.165, 1.54) is 17.8 Å². The highest BCUT2D eigenvalue weighted by molar-refractivity contribution is 7.99. The van der Waals surface area contributed by atoms with Gasteiger partial charge in [-0.05, 0) is 50.7 Å². The third-order valence-electron chi connectivity index (χ3n) is 2.63. The highest BCUT2D eigenvalue weighted by atomic mass is 32.2. The lowest BCUT2D eigenvalue weighted by Gasteiger charge is -2.12. The Kier molecular flexibility index (Phi) is 4.17. The average Bonchev–Trinajstić information content (AvgIpc) is 2.26. The summed E-state index contributed by atoms with van der Waals surface area (Å²) in [7, 11) is 0. The van der Waals surface area contributed by atoms with Crippen LogP contribution < -0.4 is 5.73 Å². The van der Waals surface area contributed by atoms with Crippen molar-refractivity contribution in [1.82, 2.24) is 9.97 Å². The number of aromatic nitrogens is 2. The van der Waals surface area contributed by atoms with Gasteiger partial charge >= 0.3 is 0 Å². The van der Waals surface area contributed by atoms with Crippen LogP contribution in [-0.2, 0) is 0 Å². The molecule has 0 saturated heterocycles. The standard InChI is InChI=1S/C14H16FN3S/c1-8-7-9(2)18-14(17-8)19-12-6-4-5-11(15)13(12)10(3)16/h4-7,10H,16H2,1-3H3/t10-/m0/s1. The van der Waals surface area contributed by atoms with E-state index >= 15 is 0 Å². The smallest absolute Gasteiger partial charge is 0.192 e. The predicted octanol–water partition coefficient (Wildman–Crippen LogP) is 3.40. The van der Waals surface area contributed by atoms with E-state index in [0.717, 1.165) is 16.3 Å². The fourth-order valence-electron chi connectivity index (χ4n) is 1.89. The monoisotopic (exact) mass is 277 g/mol. The summed E-state index contributed by atoms with van der Waals surface area (Å²) >= 11 is 1.34. The number of benzene rings is 1. The highest BCUT2D eigenvalue weighted by Crippen LogP contribution is 2.32. The van der Waals surface area contributed by atoms with Crippen LogP contribution in [-0.4, -0.2) is 9.97 Å². The highest BCUT2D eigenvalue weighted by Gasteiger charge is 2.14. The number of nitrogens with zero attached hydrogens (tertiary/aromatic N) is 2. The maximum absolute atomic E-state index is 13.8. The summed E-state index contributed by atoms with van der Waals surface area (Å²) in [6, 6.07) is 6.47. The molecule has 5 heteroatoms. The molecular formula is C14H16FN3S. The van der Waals surface area contributed by atoms with Crippen LogP contribution in [0.5, 0.6) is 0 Å². The van der Waals surface area contributed by atoms with Gasteiger partial charge in [0, 0.05) is 27.9 Å². The Balaban J connectivity index is 2.40. The predicted molar refractivity (Wildman–Crippen MR) is 74.6 cm³/mol. The van der Waals surface area contributed by atoms with E-state index in [1.54, 1.807) is 13.0 Å². The molecule has 1 atom stereocenters. The van der Waals surface area contributed by atoms with Gasteiger partial charge in [0.05, 0.1) is 0 Å². The molecule has 2 N–H and O–H groups in total. The van der Waals surface area contributed by atoms with Crippen molar-refractivity contribution in [2.75, 3.05) is 0 Å². The van der Waals surface area contributed by atoms with Gasteiger partial charge in [-0.25, -0.2) is 14.4 Å². The van der Waals surface area contributed by atoms with E-state index in [9.17, 15) is 4.39 Å². The van der Waals surface area contributed by atoms with Crippen LogP contribution in [0.3, 0.4) is 0 Å². The van der Waals surface area contributed by atoms with Crippen LogP contribution >= 0.6 is 11.8 Å². The van der Waals surface area contributed by atoms with Crippen molar-refractivity contribution in [3.63, 3.8) is 0 Å². The molecule has 0 aliphatic heterocycles. The van der Waals surface area contributed by atoms with Crippen molar-refractivity contribution in [2.24, 2.45) is 5.73 Å². The number of hydrogen-bond acceptors (Lipinski definition) is 4. The van der Waals surface area contributed by atoms with Crippen molar-refractivity contribution >= 4 is 11.8 Å². The zero-order valence-electron chi connectivity index (χ0n) is 11.1. The zero-order valence-corrected chi connectivity index (χ0v) is 12.0. The van der Waals surface area contributed by atoms with E-state index in [1.807, 2.05) is 26.0 Å². The molecule has 2 aromatic rings. The lowest BCUT2D eigenvalue weighted by molar-refractivity contribution is 0.585. The third-order valence-corrected chi connectivity index (χ3v) is 3.57. The van der Waals surface area contributed by atoms with Crippen LogP contribution in [0.15, 0.2) is 34.3 Å². The number of halogens is 1. The maximum atomic E-state index is 13.8. The van der Waals surface area contributed by atoms with Gasteiger partial charge in [-0.15, -0.1) is 0 Å². The van der Waals surface area contributed by atoms with Crippen molar-refractivity contribution < 1.29 is 4.39 Å². The summed E-state index contributed by atoms with van der Waals surface area (Å²) in [4.78, 5) is 9.46. The molecule has 19 heavy (non-hydrogen) atoms. The second-order valence-electron chi connectivity index (χ2n) is 4.48. The molecule has 0 unspecified atom stereocenters. The third kappa shape index (κ3) is 3.30. The van der Waals surface area contributed by atoms with Crippen molar-refractivity contribution in [3.8, 4) is 0 Å². The van der Waals surface area contributed by atoms with Crippen molar-refractivity contribution in [1.29, 1.82) is 0 Å². The summed E-state index contributed by atoms with van der Waals surface area (Å²) in [5.41, 5.74) is 8.14. The van der Waals surface area contributed by atoms with Gasteiger partial charge in [-0.2, -0.15) is 0 Å². The zero-order chi connectivity index (χ0) is 14.0. The van der Waals surface area contributed by atoms with Gasteiger partial charge in [0.15, 0.2) is 5.16 Å². The number of aryl methyl sites for hydroxylation is 2. The molecule has 0 radical (unpaired) electrons.